The van der Waals surface area contributed by atoms with Gasteiger partial charge in [-0.1, -0.05) is 24.3 Å². The number of urea groups is 1. The number of benzene rings is 2. The number of rotatable bonds is 7. The predicted molar refractivity (Wildman–Crippen MR) is 122 cm³/mol. The zero-order valence-electron chi connectivity index (χ0n) is 18.4. The lowest BCUT2D eigenvalue weighted by molar-refractivity contribution is -0.123. The van der Waals surface area contributed by atoms with Gasteiger partial charge in [0.2, 0.25) is 5.91 Å². The van der Waals surface area contributed by atoms with Crippen molar-refractivity contribution in [2.75, 3.05) is 31.1 Å². The molecule has 0 spiro atoms. The minimum Gasteiger partial charge on any atom is -0.369 e. The highest BCUT2D eigenvalue weighted by Gasteiger charge is 2.24. The molecule has 4 rings (SSSR count). The highest BCUT2D eigenvalue weighted by Crippen LogP contribution is 2.21. The second-order valence-electron chi connectivity index (χ2n) is 8.53. The van der Waals surface area contributed by atoms with Crippen LogP contribution in [0.25, 0.3) is 0 Å². The van der Waals surface area contributed by atoms with Gasteiger partial charge in [0.15, 0.2) is 0 Å². The Hall–Kier alpha value is -3.46. The minimum atomic E-state index is -0.640. The van der Waals surface area contributed by atoms with Crippen LogP contribution >= 0.6 is 0 Å². The van der Waals surface area contributed by atoms with Gasteiger partial charge < -0.3 is 16.4 Å². The van der Waals surface area contributed by atoms with E-state index in [1.165, 1.54) is 23.1 Å². The molecule has 2 heterocycles. The molecule has 0 radical (unpaired) electrons. The van der Waals surface area contributed by atoms with Crippen LogP contribution in [0.1, 0.15) is 34.3 Å². The summed E-state index contributed by atoms with van der Waals surface area (Å²) in [5.41, 5.74) is 7.81. The highest BCUT2D eigenvalue weighted by molar-refractivity contribution is 5.98. The van der Waals surface area contributed by atoms with Crippen molar-refractivity contribution in [3.05, 3.63) is 65.0 Å². The number of nitrogens with two attached hydrogens (primary N) is 1. The van der Waals surface area contributed by atoms with Crippen LogP contribution in [0.15, 0.2) is 42.5 Å². The summed E-state index contributed by atoms with van der Waals surface area (Å²) < 4.78 is 14.3. The molecule has 2 aliphatic heterocycles. The number of anilines is 1. The maximum atomic E-state index is 14.3. The van der Waals surface area contributed by atoms with E-state index in [-0.39, 0.29) is 30.0 Å². The van der Waals surface area contributed by atoms with Crippen LogP contribution in [0.5, 0.6) is 0 Å². The fraction of sp³-hybridized carbons (Fsp3) is 0.375. The first-order chi connectivity index (χ1) is 15.9. The number of nitrogens with one attached hydrogen (secondary N) is 2. The van der Waals surface area contributed by atoms with Crippen LogP contribution in [0, 0.1) is 11.7 Å². The molecule has 4 N–H and O–H groups in total. The molecule has 33 heavy (non-hydrogen) atoms. The number of nitrogens with zero attached hydrogens (tertiary/aromatic N) is 2. The maximum Gasteiger partial charge on any atom is 0.321 e. The van der Waals surface area contributed by atoms with Gasteiger partial charge >= 0.3 is 6.03 Å². The van der Waals surface area contributed by atoms with E-state index in [9.17, 15) is 18.8 Å². The first-order valence-corrected chi connectivity index (χ1v) is 11.1. The normalized spacial score (nSPS) is 18.8. The molecule has 2 aromatic rings. The van der Waals surface area contributed by atoms with Gasteiger partial charge in [-0.2, -0.15) is 0 Å². The van der Waals surface area contributed by atoms with Gasteiger partial charge in [0.25, 0.3) is 5.91 Å². The number of hydrogen-bond acceptors (Lipinski definition) is 4. The molecular weight excluding hydrogens is 425 g/mol. The third kappa shape index (κ3) is 5.48. The average Bonchev–Trinajstić information content (AvgIpc) is 3.24. The zero-order chi connectivity index (χ0) is 23.4. The van der Waals surface area contributed by atoms with Crippen molar-refractivity contribution in [2.24, 2.45) is 11.7 Å². The van der Waals surface area contributed by atoms with Crippen LogP contribution in [0.2, 0.25) is 0 Å². The van der Waals surface area contributed by atoms with Gasteiger partial charge in [0.1, 0.15) is 5.82 Å². The van der Waals surface area contributed by atoms with E-state index < -0.39 is 11.7 Å². The van der Waals surface area contributed by atoms with Crippen molar-refractivity contribution in [3.63, 3.8) is 0 Å². The Morgan fingerprint density at radius 2 is 1.97 bits per heavy atom. The molecule has 1 atom stereocenters. The molecular formula is C24H28FN5O3. The summed E-state index contributed by atoms with van der Waals surface area (Å²) in [6.45, 7) is 3.48. The van der Waals surface area contributed by atoms with Crippen LogP contribution in [0.3, 0.4) is 0 Å². The van der Waals surface area contributed by atoms with Gasteiger partial charge in [0.05, 0.1) is 11.5 Å². The summed E-state index contributed by atoms with van der Waals surface area (Å²) in [5.74, 6) is -1.55. The summed E-state index contributed by atoms with van der Waals surface area (Å²) >= 11 is 0. The number of amides is 4. The van der Waals surface area contributed by atoms with Crippen molar-refractivity contribution in [2.45, 2.75) is 25.9 Å². The second kappa shape index (κ2) is 9.99. The third-order valence-corrected chi connectivity index (χ3v) is 6.12. The van der Waals surface area contributed by atoms with E-state index >= 15 is 0 Å². The molecule has 0 aromatic heterocycles. The van der Waals surface area contributed by atoms with Crippen LogP contribution < -0.4 is 21.3 Å². The molecule has 2 fully saturated rings. The molecule has 4 amide bonds. The molecule has 8 nitrogen and oxygen atoms in total. The molecule has 1 unspecified atom stereocenters. The van der Waals surface area contributed by atoms with Crippen molar-refractivity contribution in [3.8, 4) is 0 Å². The fourth-order valence-electron chi connectivity index (χ4n) is 4.38. The smallest absolute Gasteiger partial charge is 0.321 e. The van der Waals surface area contributed by atoms with Gasteiger partial charge in [-0.3, -0.25) is 19.4 Å². The number of primary amides is 1. The Morgan fingerprint density at radius 1 is 1.15 bits per heavy atom. The Bertz CT molecular complexity index is 1060. The lowest BCUT2D eigenvalue weighted by Crippen LogP contribution is -2.40. The van der Waals surface area contributed by atoms with E-state index in [4.69, 9.17) is 5.73 Å². The SMILES string of the molecule is NC(=O)C1CCCN(Cc2cccc(CNC(=O)c3cc(N4CCNC4=O)ccc3F)c2)C1. The number of hydrogen-bond donors (Lipinski definition) is 3. The molecule has 2 aromatic carbocycles. The first-order valence-electron chi connectivity index (χ1n) is 11.1. The molecule has 2 aliphatic rings. The summed E-state index contributed by atoms with van der Waals surface area (Å²) in [6.07, 6.45) is 1.77. The number of carbonyl (C=O) groups excluding carboxylic acids is 3. The monoisotopic (exact) mass is 453 g/mol. The highest BCUT2D eigenvalue weighted by atomic mass is 19.1. The molecule has 9 heteroatoms. The van der Waals surface area contributed by atoms with Crippen LogP contribution in [-0.4, -0.2) is 48.9 Å². The van der Waals surface area contributed by atoms with Crippen LogP contribution in [0.4, 0.5) is 14.9 Å². The molecule has 174 valence electrons. The van der Waals surface area contributed by atoms with E-state index in [0.717, 1.165) is 30.5 Å². The lowest BCUT2D eigenvalue weighted by Gasteiger charge is -2.31. The quantitative estimate of drug-likeness (QED) is 0.596. The summed E-state index contributed by atoms with van der Waals surface area (Å²) in [6, 6.07) is 11.6. The Kier molecular flexibility index (Phi) is 6.88. The van der Waals surface area contributed by atoms with E-state index in [0.29, 0.717) is 31.9 Å². The van der Waals surface area contributed by atoms with Crippen molar-refractivity contribution >= 4 is 23.5 Å². The standard InChI is InChI=1S/C24H28FN5O3/c25-21-7-6-19(30-10-8-27-24(30)33)12-20(21)23(32)28-13-16-3-1-4-17(11-16)14-29-9-2-5-18(15-29)22(26)31/h1,3-4,6-7,11-12,18H,2,5,8-10,13-15H2,(H2,26,31)(H,27,33)(H,28,32). The number of halogens is 1. The van der Waals surface area contributed by atoms with Gasteiger partial charge in [-0.15, -0.1) is 0 Å². The minimum absolute atomic E-state index is 0.103. The van der Waals surface area contributed by atoms with Gasteiger partial charge in [0, 0.05) is 38.4 Å². The Balaban J connectivity index is 1.38. The van der Waals surface area contributed by atoms with Crippen molar-refractivity contribution < 1.29 is 18.8 Å². The van der Waals surface area contributed by atoms with E-state index in [2.05, 4.69) is 15.5 Å². The van der Waals surface area contributed by atoms with Crippen molar-refractivity contribution in [1.82, 2.24) is 15.5 Å². The molecule has 0 bridgehead atoms. The fourth-order valence-corrected chi connectivity index (χ4v) is 4.38. The molecule has 2 saturated heterocycles. The topological polar surface area (TPSA) is 108 Å². The first kappa shape index (κ1) is 22.7. The van der Waals surface area contributed by atoms with E-state index in [1.54, 1.807) is 0 Å². The average molecular weight is 454 g/mol. The largest absolute Gasteiger partial charge is 0.369 e. The Labute approximate surface area is 191 Å². The molecule has 0 saturated carbocycles. The Morgan fingerprint density at radius 3 is 2.73 bits per heavy atom. The van der Waals surface area contributed by atoms with Gasteiger partial charge in [-0.05, 0) is 48.7 Å². The third-order valence-electron chi connectivity index (χ3n) is 6.12. The number of likely N-dealkylation sites (tertiary alicyclic amines) is 1. The van der Waals surface area contributed by atoms with Crippen LogP contribution in [-0.2, 0) is 17.9 Å². The van der Waals surface area contributed by atoms with Gasteiger partial charge in [-0.25, -0.2) is 9.18 Å². The number of carbonyl (C=O) groups is 3. The van der Waals surface area contributed by atoms with Crippen molar-refractivity contribution in [1.29, 1.82) is 0 Å². The maximum absolute atomic E-state index is 14.3. The summed E-state index contributed by atoms with van der Waals surface area (Å²) in [4.78, 5) is 39.7. The zero-order valence-corrected chi connectivity index (χ0v) is 18.4. The second-order valence-corrected chi connectivity index (χ2v) is 8.53. The molecule has 0 aliphatic carbocycles. The number of piperidine rings is 1. The van der Waals surface area contributed by atoms with E-state index in [1.807, 2.05) is 24.3 Å². The summed E-state index contributed by atoms with van der Waals surface area (Å²) in [7, 11) is 0. The predicted octanol–water partition coefficient (Wildman–Crippen LogP) is 1.98. The lowest BCUT2D eigenvalue weighted by atomic mass is 9.97. The summed E-state index contributed by atoms with van der Waals surface area (Å²) in [5, 5.41) is 5.45.